The number of hydrogen-bond acceptors (Lipinski definition) is 2. The highest BCUT2D eigenvalue weighted by atomic mass is 16.5. The number of ether oxygens (including phenoxy) is 1. The van der Waals surface area contributed by atoms with Crippen LogP contribution >= 0.6 is 0 Å². The summed E-state index contributed by atoms with van der Waals surface area (Å²) in [5, 5.41) is 3.37. The van der Waals surface area contributed by atoms with Crippen LogP contribution in [0.2, 0.25) is 11.6 Å². The summed E-state index contributed by atoms with van der Waals surface area (Å²) >= 11 is 0. The first-order valence-electron chi connectivity index (χ1n) is 19.5. The first-order valence-corrected chi connectivity index (χ1v) is 19.5. The standard InChI is InChI=1S/C38H69BNO2/c41-38(31-42-37-25-16-9-5-2-6-10-17-26-37)40-36-29-27-33(28-30-36)32-19-12-11-15-23-35(24-18-20-32)39-34-21-13-7-3-1-4-8-14-22-34/h32-37H,1-31H2,(H,40,41). The highest BCUT2D eigenvalue weighted by molar-refractivity contribution is 6.39. The minimum absolute atomic E-state index is 0.131. The molecule has 0 spiro atoms. The fourth-order valence-corrected chi connectivity index (χ4v) is 9.14. The Morgan fingerprint density at radius 1 is 0.476 bits per heavy atom. The summed E-state index contributed by atoms with van der Waals surface area (Å²) in [6.45, 7) is 0.270. The molecule has 0 saturated heterocycles. The molecule has 4 saturated carbocycles. The molecule has 0 bridgehead atoms. The number of nitrogens with one attached hydrogen (secondary N) is 1. The second kappa shape index (κ2) is 21.3. The number of carbonyl (C=O) groups is 1. The minimum Gasteiger partial charge on any atom is -0.368 e. The van der Waals surface area contributed by atoms with Crippen molar-refractivity contribution in [1.29, 1.82) is 0 Å². The van der Waals surface area contributed by atoms with Crippen LogP contribution in [0.25, 0.3) is 0 Å². The molecule has 0 aliphatic heterocycles. The van der Waals surface area contributed by atoms with Gasteiger partial charge in [-0.25, -0.2) is 0 Å². The molecule has 0 aromatic heterocycles. The third-order valence-corrected chi connectivity index (χ3v) is 11.8. The average Bonchev–Trinajstić information content (AvgIpc) is 3.01. The van der Waals surface area contributed by atoms with Gasteiger partial charge in [0.25, 0.3) is 0 Å². The van der Waals surface area contributed by atoms with Crippen LogP contribution in [0.3, 0.4) is 0 Å². The van der Waals surface area contributed by atoms with Crippen LogP contribution < -0.4 is 5.32 Å². The highest BCUT2D eigenvalue weighted by Crippen LogP contribution is 2.39. The fourth-order valence-electron chi connectivity index (χ4n) is 9.14. The van der Waals surface area contributed by atoms with E-state index >= 15 is 0 Å². The Balaban J connectivity index is 1.13. The van der Waals surface area contributed by atoms with Crippen molar-refractivity contribution in [1.82, 2.24) is 5.32 Å². The predicted molar refractivity (Wildman–Crippen MR) is 180 cm³/mol. The van der Waals surface area contributed by atoms with Crippen molar-refractivity contribution in [2.45, 2.75) is 216 Å². The van der Waals surface area contributed by atoms with Gasteiger partial charge < -0.3 is 10.1 Å². The van der Waals surface area contributed by atoms with Crippen LogP contribution in [0, 0.1) is 11.8 Å². The summed E-state index contributed by atoms with van der Waals surface area (Å²) in [6, 6.07) is 0.372. The topological polar surface area (TPSA) is 38.3 Å². The lowest BCUT2D eigenvalue weighted by atomic mass is 9.50. The molecule has 42 heavy (non-hydrogen) atoms. The Kier molecular flexibility index (Phi) is 17.4. The van der Waals surface area contributed by atoms with E-state index in [2.05, 4.69) is 12.6 Å². The summed E-state index contributed by atoms with van der Waals surface area (Å²) in [6.07, 6.45) is 41.7. The van der Waals surface area contributed by atoms with Crippen LogP contribution in [0.1, 0.15) is 193 Å². The lowest BCUT2D eigenvalue weighted by Gasteiger charge is -2.35. The smallest absolute Gasteiger partial charge is 0.246 e. The maximum Gasteiger partial charge on any atom is 0.246 e. The molecule has 0 aromatic rings. The van der Waals surface area contributed by atoms with E-state index in [0.717, 1.165) is 36.3 Å². The Hall–Kier alpha value is -0.505. The zero-order valence-corrected chi connectivity index (χ0v) is 27.8. The van der Waals surface area contributed by atoms with Gasteiger partial charge in [0.2, 0.25) is 5.91 Å². The van der Waals surface area contributed by atoms with Gasteiger partial charge >= 0.3 is 0 Å². The van der Waals surface area contributed by atoms with E-state index < -0.39 is 0 Å². The zero-order valence-electron chi connectivity index (χ0n) is 27.8. The summed E-state index contributed by atoms with van der Waals surface area (Å²) in [5.41, 5.74) is 0. The maximum atomic E-state index is 12.8. The van der Waals surface area contributed by atoms with E-state index in [1.165, 1.54) is 180 Å². The van der Waals surface area contributed by atoms with E-state index in [-0.39, 0.29) is 12.5 Å². The van der Waals surface area contributed by atoms with Gasteiger partial charge in [-0.1, -0.05) is 166 Å². The van der Waals surface area contributed by atoms with Crippen LogP contribution in [0.4, 0.5) is 0 Å². The van der Waals surface area contributed by atoms with Crippen LogP contribution in [-0.2, 0) is 9.53 Å². The van der Waals surface area contributed by atoms with Gasteiger partial charge in [-0.05, 0) is 50.4 Å². The number of carbonyl (C=O) groups excluding carboxylic acids is 1. The van der Waals surface area contributed by atoms with Gasteiger partial charge in [-0.15, -0.1) is 0 Å². The average molecular weight is 583 g/mol. The second-order valence-corrected chi connectivity index (χ2v) is 15.3. The quantitative estimate of drug-likeness (QED) is 0.303. The van der Waals surface area contributed by atoms with Crippen molar-refractivity contribution in [2.24, 2.45) is 11.8 Å². The molecule has 2 atom stereocenters. The molecular formula is C38H69BNO2. The molecule has 4 rings (SSSR count). The van der Waals surface area contributed by atoms with E-state index in [0.29, 0.717) is 12.1 Å². The third-order valence-electron chi connectivity index (χ3n) is 11.8. The van der Waals surface area contributed by atoms with Gasteiger partial charge in [0, 0.05) is 6.04 Å². The largest absolute Gasteiger partial charge is 0.368 e. The molecule has 1 radical (unpaired) electrons. The lowest BCUT2D eigenvalue weighted by molar-refractivity contribution is -0.129. The van der Waals surface area contributed by atoms with Gasteiger partial charge in [0.05, 0.1) is 6.10 Å². The normalized spacial score (nSPS) is 31.4. The molecule has 4 heteroatoms. The summed E-state index contributed by atoms with van der Waals surface area (Å²) < 4.78 is 6.15. The molecule has 1 N–H and O–H groups in total. The zero-order chi connectivity index (χ0) is 29.1. The first-order chi connectivity index (χ1) is 20.8. The molecule has 4 aliphatic rings. The molecule has 241 valence electrons. The first kappa shape index (κ1) is 34.4. The summed E-state index contributed by atoms with van der Waals surface area (Å²) in [4.78, 5) is 12.8. The molecule has 0 heterocycles. The van der Waals surface area contributed by atoms with Gasteiger partial charge in [-0.2, -0.15) is 0 Å². The Bertz CT molecular complexity index is 673. The number of hydrogen-bond donors (Lipinski definition) is 1. The summed E-state index contributed by atoms with van der Waals surface area (Å²) in [7, 11) is 2.87. The highest BCUT2D eigenvalue weighted by Gasteiger charge is 2.29. The van der Waals surface area contributed by atoms with Crippen molar-refractivity contribution >= 4 is 13.2 Å². The monoisotopic (exact) mass is 583 g/mol. The van der Waals surface area contributed by atoms with E-state index in [1.54, 1.807) is 0 Å². The molecule has 4 fully saturated rings. The van der Waals surface area contributed by atoms with Crippen LogP contribution in [0.5, 0.6) is 0 Å². The minimum atomic E-state index is 0.131. The predicted octanol–water partition coefficient (Wildman–Crippen LogP) is 11.1. The Labute approximate surface area is 262 Å². The molecule has 3 nitrogen and oxygen atoms in total. The Morgan fingerprint density at radius 2 is 0.881 bits per heavy atom. The molecule has 1 amide bonds. The van der Waals surface area contributed by atoms with Gasteiger partial charge in [0.15, 0.2) is 0 Å². The van der Waals surface area contributed by atoms with Gasteiger partial charge in [-0.3, -0.25) is 4.79 Å². The summed E-state index contributed by atoms with van der Waals surface area (Å²) in [5.74, 6) is 3.71. The number of amides is 1. The van der Waals surface area contributed by atoms with Crippen LogP contribution in [-0.4, -0.2) is 31.9 Å². The van der Waals surface area contributed by atoms with Crippen molar-refractivity contribution in [3.63, 3.8) is 0 Å². The maximum absolute atomic E-state index is 12.8. The fraction of sp³-hybridized carbons (Fsp3) is 0.974. The van der Waals surface area contributed by atoms with E-state index in [1.807, 2.05) is 0 Å². The lowest BCUT2D eigenvalue weighted by Crippen LogP contribution is -2.41. The van der Waals surface area contributed by atoms with E-state index in [4.69, 9.17) is 4.74 Å². The van der Waals surface area contributed by atoms with Crippen molar-refractivity contribution < 1.29 is 9.53 Å². The Morgan fingerprint density at radius 3 is 1.45 bits per heavy atom. The van der Waals surface area contributed by atoms with Gasteiger partial charge in [0.1, 0.15) is 13.9 Å². The molecule has 4 aliphatic carbocycles. The molecule has 0 aromatic carbocycles. The molecular weight excluding hydrogens is 513 g/mol. The SMILES string of the molecule is O=C(COC1CCCCCCCCC1)NC1CCC(C2CCCCCC([B]C3CCCCCCCCC3)CCC2)CC1. The van der Waals surface area contributed by atoms with E-state index in [9.17, 15) is 4.79 Å². The van der Waals surface area contributed by atoms with Crippen molar-refractivity contribution in [3.8, 4) is 0 Å². The molecule has 2 unspecified atom stereocenters. The van der Waals surface area contributed by atoms with Crippen molar-refractivity contribution in [2.75, 3.05) is 6.61 Å². The van der Waals surface area contributed by atoms with Crippen LogP contribution in [0.15, 0.2) is 0 Å². The third kappa shape index (κ3) is 14.1. The number of rotatable bonds is 7. The van der Waals surface area contributed by atoms with Crippen molar-refractivity contribution in [3.05, 3.63) is 0 Å². The second-order valence-electron chi connectivity index (χ2n) is 15.3.